The minimum atomic E-state index is -0.698. The van der Waals surface area contributed by atoms with Crippen LogP contribution in [0.3, 0.4) is 0 Å². The standard InChI is InChI=1S/C15H12N2O6/c1-9-7-11(3-5-13(9)16(19)20)15(18)23-12-4-6-14(17(21)22)10(2)8-12/h3-8H,1-2H3. The molecule has 0 radical (unpaired) electrons. The normalized spacial score (nSPS) is 10.2. The van der Waals surface area contributed by atoms with E-state index in [2.05, 4.69) is 0 Å². The molecule has 0 unspecified atom stereocenters. The van der Waals surface area contributed by atoms with Crippen LogP contribution in [0, 0.1) is 34.1 Å². The number of nitro groups is 2. The van der Waals surface area contributed by atoms with Gasteiger partial charge in [0, 0.05) is 23.3 Å². The third-order valence-corrected chi connectivity index (χ3v) is 3.20. The molecule has 0 aliphatic carbocycles. The van der Waals surface area contributed by atoms with Gasteiger partial charge < -0.3 is 4.74 Å². The Hall–Kier alpha value is -3.29. The summed E-state index contributed by atoms with van der Waals surface area (Å²) in [6.45, 7) is 3.05. The van der Waals surface area contributed by atoms with Crippen molar-refractivity contribution in [1.82, 2.24) is 0 Å². The Kier molecular flexibility index (Phi) is 4.35. The number of carbonyl (C=O) groups excluding carboxylic acids is 1. The topological polar surface area (TPSA) is 113 Å². The molecule has 0 atom stereocenters. The van der Waals surface area contributed by atoms with Gasteiger partial charge in [0.25, 0.3) is 11.4 Å². The number of ether oxygens (including phenoxy) is 1. The van der Waals surface area contributed by atoms with E-state index in [4.69, 9.17) is 4.74 Å². The summed E-state index contributed by atoms with van der Waals surface area (Å²) < 4.78 is 5.14. The van der Waals surface area contributed by atoms with Gasteiger partial charge in [-0.05, 0) is 38.1 Å². The molecule has 0 heterocycles. The first-order valence-electron chi connectivity index (χ1n) is 6.52. The maximum absolute atomic E-state index is 12.1. The molecule has 0 saturated heterocycles. The number of hydrogen-bond acceptors (Lipinski definition) is 6. The summed E-state index contributed by atoms with van der Waals surface area (Å²) in [5.41, 5.74) is 0.692. The molecule has 0 bridgehead atoms. The van der Waals surface area contributed by atoms with Crippen LogP contribution in [0.4, 0.5) is 11.4 Å². The molecule has 118 valence electrons. The van der Waals surface area contributed by atoms with E-state index in [9.17, 15) is 25.0 Å². The largest absolute Gasteiger partial charge is 0.423 e. The quantitative estimate of drug-likeness (QED) is 0.370. The lowest BCUT2D eigenvalue weighted by atomic mass is 10.1. The molecule has 0 spiro atoms. The second-order valence-corrected chi connectivity index (χ2v) is 4.85. The van der Waals surface area contributed by atoms with Gasteiger partial charge in [0.15, 0.2) is 0 Å². The number of benzene rings is 2. The summed E-state index contributed by atoms with van der Waals surface area (Å²) >= 11 is 0. The molecule has 0 N–H and O–H groups in total. The van der Waals surface area contributed by atoms with Crippen LogP contribution in [-0.4, -0.2) is 15.8 Å². The molecule has 2 aromatic carbocycles. The van der Waals surface area contributed by atoms with Crippen LogP contribution in [-0.2, 0) is 0 Å². The van der Waals surface area contributed by atoms with Gasteiger partial charge in [0.05, 0.1) is 15.4 Å². The van der Waals surface area contributed by atoms with Crippen molar-refractivity contribution in [3.05, 3.63) is 73.3 Å². The van der Waals surface area contributed by atoms with Crippen LogP contribution in [0.1, 0.15) is 21.5 Å². The van der Waals surface area contributed by atoms with E-state index in [1.54, 1.807) is 0 Å². The minimum Gasteiger partial charge on any atom is -0.423 e. The first kappa shape index (κ1) is 16.1. The second-order valence-electron chi connectivity index (χ2n) is 4.85. The van der Waals surface area contributed by atoms with Gasteiger partial charge in [-0.25, -0.2) is 4.79 Å². The van der Waals surface area contributed by atoms with Crippen LogP contribution < -0.4 is 4.74 Å². The molecule has 0 aromatic heterocycles. The minimum absolute atomic E-state index is 0.0732. The van der Waals surface area contributed by atoms with Crippen molar-refractivity contribution in [1.29, 1.82) is 0 Å². The molecule has 0 fully saturated rings. The summed E-state index contributed by atoms with van der Waals surface area (Å²) in [6, 6.07) is 7.84. The number of rotatable bonds is 4. The Morgan fingerprint density at radius 1 is 0.913 bits per heavy atom. The van der Waals surface area contributed by atoms with Crippen molar-refractivity contribution in [3.8, 4) is 5.75 Å². The number of hydrogen-bond donors (Lipinski definition) is 0. The van der Waals surface area contributed by atoms with Crippen LogP contribution in [0.2, 0.25) is 0 Å². The van der Waals surface area contributed by atoms with Crippen molar-refractivity contribution in [3.63, 3.8) is 0 Å². The van der Waals surface area contributed by atoms with E-state index in [1.807, 2.05) is 0 Å². The lowest BCUT2D eigenvalue weighted by molar-refractivity contribution is -0.385. The van der Waals surface area contributed by atoms with Gasteiger partial charge in [0.2, 0.25) is 0 Å². The number of esters is 1. The van der Waals surface area contributed by atoms with Crippen LogP contribution in [0.15, 0.2) is 36.4 Å². The smallest absolute Gasteiger partial charge is 0.343 e. The van der Waals surface area contributed by atoms with Gasteiger partial charge >= 0.3 is 5.97 Å². The summed E-state index contributed by atoms with van der Waals surface area (Å²) in [6.07, 6.45) is 0. The van der Waals surface area contributed by atoms with Gasteiger partial charge in [0.1, 0.15) is 5.75 Å². The van der Waals surface area contributed by atoms with E-state index in [1.165, 1.54) is 50.2 Å². The zero-order valence-electron chi connectivity index (χ0n) is 12.3. The van der Waals surface area contributed by atoms with E-state index in [-0.39, 0.29) is 22.7 Å². The lowest BCUT2D eigenvalue weighted by Gasteiger charge is -2.06. The molecule has 2 aromatic rings. The zero-order chi connectivity index (χ0) is 17.1. The molecule has 0 amide bonds. The highest BCUT2D eigenvalue weighted by Gasteiger charge is 2.16. The average molecular weight is 316 g/mol. The predicted octanol–water partition coefficient (Wildman–Crippen LogP) is 3.34. The fourth-order valence-corrected chi connectivity index (χ4v) is 2.05. The summed E-state index contributed by atoms with van der Waals surface area (Å²) in [5.74, 6) is -0.537. The Morgan fingerprint density at radius 2 is 1.43 bits per heavy atom. The number of nitrogens with zero attached hydrogens (tertiary/aromatic N) is 2. The molecular weight excluding hydrogens is 304 g/mol. The van der Waals surface area contributed by atoms with Crippen LogP contribution in [0.25, 0.3) is 0 Å². The molecule has 2 rings (SSSR count). The Bertz CT molecular complexity index is 816. The van der Waals surface area contributed by atoms with E-state index in [0.717, 1.165) is 0 Å². The number of carbonyl (C=O) groups is 1. The Balaban J connectivity index is 2.22. The monoisotopic (exact) mass is 316 g/mol. The van der Waals surface area contributed by atoms with Gasteiger partial charge in [-0.2, -0.15) is 0 Å². The molecule has 8 nitrogen and oxygen atoms in total. The average Bonchev–Trinajstić information content (AvgIpc) is 2.46. The Morgan fingerprint density at radius 3 is 1.91 bits per heavy atom. The van der Waals surface area contributed by atoms with Crippen molar-refractivity contribution in [2.75, 3.05) is 0 Å². The highest BCUT2D eigenvalue weighted by Crippen LogP contribution is 2.24. The Labute approximate surface area is 130 Å². The van der Waals surface area contributed by atoms with Crippen molar-refractivity contribution >= 4 is 17.3 Å². The lowest BCUT2D eigenvalue weighted by Crippen LogP contribution is -2.09. The third kappa shape index (κ3) is 3.49. The first-order valence-corrected chi connectivity index (χ1v) is 6.52. The van der Waals surface area contributed by atoms with E-state index < -0.39 is 15.8 Å². The maximum Gasteiger partial charge on any atom is 0.343 e. The fourth-order valence-electron chi connectivity index (χ4n) is 2.05. The molecule has 8 heteroatoms. The zero-order valence-corrected chi connectivity index (χ0v) is 12.3. The van der Waals surface area contributed by atoms with Gasteiger partial charge in [-0.15, -0.1) is 0 Å². The highest BCUT2D eigenvalue weighted by molar-refractivity contribution is 5.91. The molecule has 0 aliphatic rings. The van der Waals surface area contributed by atoms with E-state index >= 15 is 0 Å². The molecule has 0 saturated carbocycles. The third-order valence-electron chi connectivity index (χ3n) is 3.20. The van der Waals surface area contributed by atoms with Crippen LogP contribution >= 0.6 is 0 Å². The maximum atomic E-state index is 12.1. The van der Waals surface area contributed by atoms with Crippen molar-refractivity contribution < 1.29 is 19.4 Å². The fraction of sp³-hybridized carbons (Fsp3) is 0.133. The second kappa shape index (κ2) is 6.22. The van der Waals surface area contributed by atoms with E-state index in [0.29, 0.717) is 11.1 Å². The first-order chi connectivity index (χ1) is 10.8. The summed E-state index contributed by atoms with van der Waals surface area (Å²) in [5, 5.41) is 21.5. The number of nitro benzene ring substituents is 2. The summed E-state index contributed by atoms with van der Waals surface area (Å²) in [7, 11) is 0. The SMILES string of the molecule is Cc1cc(OC(=O)c2ccc([N+](=O)[O-])c(C)c2)ccc1[N+](=O)[O-]. The van der Waals surface area contributed by atoms with Crippen LogP contribution in [0.5, 0.6) is 5.75 Å². The predicted molar refractivity (Wildman–Crippen MR) is 80.6 cm³/mol. The van der Waals surface area contributed by atoms with Gasteiger partial charge in [-0.1, -0.05) is 0 Å². The van der Waals surface area contributed by atoms with Crippen molar-refractivity contribution in [2.24, 2.45) is 0 Å². The molecular formula is C15H12N2O6. The molecule has 23 heavy (non-hydrogen) atoms. The number of aryl methyl sites for hydroxylation is 2. The summed E-state index contributed by atoms with van der Waals surface area (Å²) in [4.78, 5) is 32.5. The molecule has 0 aliphatic heterocycles. The van der Waals surface area contributed by atoms with Gasteiger partial charge in [-0.3, -0.25) is 20.2 Å². The van der Waals surface area contributed by atoms with Crippen molar-refractivity contribution in [2.45, 2.75) is 13.8 Å². The highest BCUT2D eigenvalue weighted by atomic mass is 16.6.